The van der Waals surface area contributed by atoms with Gasteiger partial charge in [-0.1, -0.05) is 0 Å². The van der Waals surface area contributed by atoms with E-state index in [2.05, 4.69) is 27.8 Å². The number of hydrogen-bond acceptors (Lipinski definition) is 0. The first-order chi connectivity index (χ1) is 2.81. The predicted molar refractivity (Wildman–Crippen MR) is 35.6 cm³/mol. The summed E-state index contributed by atoms with van der Waals surface area (Å²) >= 11 is 3.22. The molecule has 0 saturated carbocycles. The van der Waals surface area contributed by atoms with Crippen LogP contribution in [0.1, 0.15) is 13.8 Å². The second kappa shape index (κ2) is 4.20. The van der Waals surface area contributed by atoms with Crippen molar-refractivity contribution < 1.29 is 0 Å². The first-order valence-electron chi connectivity index (χ1n) is 2.22. The molecule has 0 aliphatic carbocycles. The van der Waals surface area contributed by atoms with Crippen molar-refractivity contribution in [2.75, 3.05) is 0 Å². The third kappa shape index (κ3) is 3.24. The SMILES string of the molecule is CC[As](Br)CC. The molecule has 0 nitrogen and oxygen atoms in total. The van der Waals surface area contributed by atoms with Crippen molar-refractivity contribution in [3.8, 4) is 0 Å². The molecule has 6 heavy (non-hydrogen) atoms. The maximum absolute atomic E-state index is 3.62. The van der Waals surface area contributed by atoms with Gasteiger partial charge in [-0.25, -0.2) is 0 Å². The Bertz CT molecular complexity index is 26.7. The molecule has 0 atom stereocenters. The van der Waals surface area contributed by atoms with Crippen LogP contribution in [-0.2, 0) is 0 Å². The van der Waals surface area contributed by atoms with Gasteiger partial charge in [0.1, 0.15) is 0 Å². The van der Waals surface area contributed by atoms with E-state index in [-0.39, 0.29) is 0 Å². The van der Waals surface area contributed by atoms with Crippen molar-refractivity contribution in [2.24, 2.45) is 0 Å². The van der Waals surface area contributed by atoms with E-state index in [1.807, 2.05) is 0 Å². The summed E-state index contributed by atoms with van der Waals surface area (Å²) in [6, 6.07) is 0. The molecule has 0 aromatic heterocycles. The van der Waals surface area contributed by atoms with Crippen LogP contribution < -0.4 is 0 Å². The van der Waals surface area contributed by atoms with E-state index in [1.165, 1.54) is 10.4 Å². The van der Waals surface area contributed by atoms with Crippen molar-refractivity contribution in [3.05, 3.63) is 0 Å². The molecular weight excluding hydrogens is 203 g/mol. The normalized spacial score (nSPS) is 10.0. The van der Waals surface area contributed by atoms with Gasteiger partial charge in [0.2, 0.25) is 0 Å². The molecule has 0 heterocycles. The van der Waals surface area contributed by atoms with Gasteiger partial charge in [-0.2, -0.15) is 0 Å². The van der Waals surface area contributed by atoms with Gasteiger partial charge in [-0.3, -0.25) is 0 Å². The van der Waals surface area contributed by atoms with E-state index in [1.54, 1.807) is 0 Å². The van der Waals surface area contributed by atoms with Gasteiger partial charge in [0.05, 0.1) is 0 Å². The number of rotatable bonds is 2. The molecule has 0 bridgehead atoms. The van der Waals surface area contributed by atoms with E-state index < -0.39 is 12.8 Å². The summed E-state index contributed by atoms with van der Waals surface area (Å²) in [6.07, 6.45) is 0. The number of halogens is 1. The van der Waals surface area contributed by atoms with Crippen LogP contribution in [0.3, 0.4) is 0 Å². The van der Waals surface area contributed by atoms with Gasteiger partial charge in [-0.15, -0.1) is 0 Å². The summed E-state index contributed by atoms with van der Waals surface area (Å²) in [4.78, 5) is 0. The van der Waals surface area contributed by atoms with Crippen LogP contribution in [-0.4, -0.2) is 12.8 Å². The van der Waals surface area contributed by atoms with E-state index in [9.17, 15) is 0 Å². The Kier molecular flexibility index (Phi) is 4.93. The van der Waals surface area contributed by atoms with Crippen molar-refractivity contribution >= 4 is 26.7 Å². The molecule has 0 aromatic carbocycles. The second-order valence-corrected chi connectivity index (χ2v) is 10.9. The van der Waals surface area contributed by atoms with Gasteiger partial charge in [0.25, 0.3) is 0 Å². The summed E-state index contributed by atoms with van der Waals surface area (Å²) in [5, 5.41) is 2.78. The molecule has 0 aliphatic heterocycles. The van der Waals surface area contributed by atoms with Crippen LogP contribution in [0.15, 0.2) is 0 Å². The molecule has 0 amide bonds. The van der Waals surface area contributed by atoms with Crippen LogP contribution in [0.4, 0.5) is 0 Å². The van der Waals surface area contributed by atoms with Crippen LogP contribution in [0, 0.1) is 0 Å². The topological polar surface area (TPSA) is 0 Å². The zero-order valence-electron chi connectivity index (χ0n) is 4.24. The monoisotopic (exact) mass is 212 g/mol. The van der Waals surface area contributed by atoms with Crippen molar-refractivity contribution in [1.82, 2.24) is 0 Å². The molecule has 0 aliphatic rings. The maximum atomic E-state index is 3.62. The summed E-state index contributed by atoms with van der Waals surface area (Å²) in [5.41, 5.74) is 0. The molecule has 0 N–H and O–H groups in total. The first-order valence-corrected chi connectivity index (χ1v) is 9.26. The van der Waals surface area contributed by atoms with Gasteiger partial charge in [0, 0.05) is 0 Å². The molecule has 0 radical (unpaired) electrons. The Morgan fingerprint density at radius 3 is 1.67 bits per heavy atom. The van der Waals surface area contributed by atoms with Gasteiger partial charge in [-0.05, 0) is 0 Å². The molecule has 38 valence electrons. The average Bonchev–Trinajstić information content (AvgIpc) is 1.65. The average molecular weight is 213 g/mol. The third-order valence-corrected chi connectivity index (χ3v) is 8.78. The van der Waals surface area contributed by atoms with Gasteiger partial charge >= 0.3 is 51.0 Å². The zero-order chi connectivity index (χ0) is 4.99. The van der Waals surface area contributed by atoms with Crippen molar-refractivity contribution in [1.29, 1.82) is 0 Å². The fourth-order valence-electron chi connectivity index (χ4n) is 0.224. The fourth-order valence-corrected chi connectivity index (χ4v) is 1.16. The van der Waals surface area contributed by atoms with E-state index >= 15 is 0 Å². The predicted octanol–water partition coefficient (Wildman–Crippen LogP) is 2.41. The molecule has 0 rings (SSSR count). The van der Waals surface area contributed by atoms with Crippen LogP contribution in [0.5, 0.6) is 0 Å². The molecular formula is C4H10AsBr. The molecule has 2 heteroatoms. The molecule has 0 fully saturated rings. The Morgan fingerprint density at radius 2 is 1.67 bits per heavy atom. The van der Waals surface area contributed by atoms with E-state index in [4.69, 9.17) is 0 Å². The summed E-state index contributed by atoms with van der Waals surface area (Å²) in [6.45, 7) is 4.50. The van der Waals surface area contributed by atoms with Crippen LogP contribution in [0.25, 0.3) is 0 Å². The Balaban J connectivity index is 2.75. The van der Waals surface area contributed by atoms with Crippen LogP contribution in [0.2, 0.25) is 10.4 Å². The third-order valence-electron chi connectivity index (χ3n) is 0.686. The molecule has 0 spiro atoms. The molecule has 0 unspecified atom stereocenters. The van der Waals surface area contributed by atoms with Crippen LogP contribution >= 0.6 is 13.9 Å². The second-order valence-electron chi connectivity index (χ2n) is 1.10. The zero-order valence-corrected chi connectivity index (χ0v) is 7.70. The molecule has 0 aromatic rings. The Labute approximate surface area is 51.1 Å². The number of hydrogen-bond donors (Lipinski definition) is 0. The summed E-state index contributed by atoms with van der Waals surface area (Å²) < 4.78 is 0. The minimum atomic E-state index is -0.403. The first kappa shape index (κ1) is 7.04. The van der Waals surface area contributed by atoms with E-state index in [0.717, 1.165) is 0 Å². The van der Waals surface area contributed by atoms with Crippen molar-refractivity contribution in [2.45, 2.75) is 24.3 Å². The fraction of sp³-hybridized carbons (Fsp3) is 1.00. The Hall–Kier alpha value is 1.04. The molecule has 0 saturated heterocycles. The summed E-state index contributed by atoms with van der Waals surface area (Å²) in [7, 11) is 0. The van der Waals surface area contributed by atoms with Crippen molar-refractivity contribution in [3.63, 3.8) is 0 Å². The minimum absolute atomic E-state index is 0.403. The van der Waals surface area contributed by atoms with E-state index in [0.29, 0.717) is 0 Å². The quantitative estimate of drug-likeness (QED) is 0.617. The van der Waals surface area contributed by atoms with Gasteiger partial charge < -0.3 is 0 Å². The standard InChI is InChI=1S/C4H10AsBr/c1-3-5(6)4-2/h3-4H2,1-2H3. The summed E-state index contributed by atoms with van der Waals surface area (Å²) in [5.74, 6) is 0. The van der Waals surface area contributed by atoms with Gasteiger partial charge in [0.15, 0.2) is 0 Å². The Morgan fingerprint density at radius 1 is 1.33 bits per heavy atom.